The zero-order chi connectivity index (χ0) is 33.3. The number of hydrogen-bond donors (Lipinski definition) is 2. The molecular formula is C36H30F5N3O3. The SMILES string of the molecule is C=CC(F)(F)C1=CC=C(CNC(=O)c2cc(NCc3ccc(C(F)(F)F)cc3)nc3ccc(-c4ccc5c(c4)OCO5)cc23)C(C)C1. The van der Waals surface area contributed by atoms with Crippen LogP contribution in [0.5, 0.6) is 11.5 Å². The second kappa shape index (κ2) is 12.5. The van der Waals surface area contributed by atoms with Crippen LogP contribution in [-0.4, -0.2) is 30.2 Å². The maximum absolute atomic E-state index is 14.2. The first-order valence-electron chi connectivity index (χ1n) is 14.9. The number of alkyl halides is 5. The molecule has 2 N–H and O–H groups in total. The maximum Gasteiger partial charge on any atom is 0.416 e. The summed E-state index contributed by atoms with van der Waals surface area (Å²) in [6, 6.07) is 17.4. The van der Waals surface area contributed by atoms with E-state index in [1.165, 1.54) is 18.2 Å². The molecule has 0 saturated heterocycles. The van der Waals surface area contributed by atoms with E-state index in [4.69, 9.17) is 9.47 Å². The fraction of sp³-hybridized carbons (Fsp3) is 0.222. The summed E-state index contributed by atoms with van der Waals surface area (Å²) in [5.74, 6) is -2.13. The minimum atomic E-state index is -4.44. The third-order valence-corrected chi connectivity index (χ3v) is 8.31. The molecule has 1 atom stereocenters. The van der Waals surface area contributed by atoms with Gasteiger partial charge in [0, 0.05) is 24.0 Å². The van der Waals surface area contributed by atoms with Crippen molar-refractivity contribution in [2.24, 2.45) is 5.92 Å². The molecule has 0 bridgehead atoms. The summed E-state index contributed by atoms with van der Waals surface area (Å²) in [4.78, 5) is 18.4. The van der Waals surface area contributed by atoms with E-state index in [0.29, 0.717) is 45.4 Å². The number of fused-ring (bicyclic) bond motifs is 2. The summed E-state index contributed by atoms with van der Waals surface area (Å²) in [7, 11) is 0. The van der Waals surface area contributed by atoms with Crippen molar-refractivity contribution in [3.05, 3.63) is 119 Å². The molecule has 1 aliphatic heterocycles. The Balaban J connectivity index is 1.29. The van der Waals surface area contributed by atoms with Crippen LogP contribution in [0, 0.1) is 5.92 Å². The molecule has 1 aromatic heterocycles. The summed E-state index contributed by atoms with van der Waals surface area (Å²) in [5.41, 5.74) is 3.08. The van der Waals surface area contributed by atoms with Crippen molar-refractivity contribution in [3.8, 4) is 22.6 Å². The van der Waals surface area contributed by atoms with Crippen LogP contribution in [0.3, 0.4) is 0 Å². The summed E-state index contributed by atoms with van der Waals surface area (Å²) < 4.78 is 78.3. The normalized spacial score (nSPS) is 16.0. The largest absolute Gasteiger partial charge is 0.454 e. The van der Waals surface area contributed by atoms with Gasteiger partial charge in [-0.05, 0) is 83.1 Å². The Morgan fingerprint density at radius 1 is 0.936 bits per heavy atom. The molecule has 2 heterocycles. The molecule has 4 aromatic rings. The summed E-state index contributed by atoms with van der Waals surface area (Å²) in [6.45, 7) is 5.50. The van der Waals surface area contributed by atoms with Gasteiger partial charge in [-0.25, -0.2) is 4.98 Å². The van der Waals surface area contributed by atoms with Gasteiger partial charge >= 0.3 is 6.18 Å². The second-order valence-electron chi connectivity index (χ2n) is 11.5. The van der Waals surface area contributed by atoms with Crippen LogP contribution in [0.2, 0.25) is 0 Å². The number of carbonyl (C=O) groups excluding carboxylic acids is 1. The van der Waals surface area contributed by atoms with Gasteiger partial charge < -0.3 is 20.1 Å². The lowest BCUT2D eigenvalue weighted by atomic mass is 9.86. The van der Waals surface area contributed by atoms with Crippen LogP contribution in [0.1, 0.15) is 34.8 Å². The number of pyridine rings is 1. The van der Waals surface area contributed by atoms with Gasteiger partial charge in [0.05, 0.1) is 16.6 Å². The molecule has 2 aliphatic rings. The highest BCUT2D eigenvalue weighted by Crippen LogP contribution is 2.38. The van der Waals surface area contributed by atoms with Crippen molar-refractivity contribution in [3.63, 3.8) is 0 Å². The monoisotopic (exact) mass is 647 g/mol. The molecule has 1 unspecified atom stereocenters. The van der Waals surface area contributed by atoms with Crippen LogP contribution >= 0.6 is 0 Å². The highest BCUT2D eigenvalue weighted by Gasteiger charge is 2.33. The van der Waals surface area contributed by atoms with E-state index in [1.54, 1.807) is 18.2 Å². The van der Waals surface area contributed by atoms with Gasteiger partial charge in [-0.15, -0.1) is 0 Å². The predicted molar refractivity (Wildman–Crippen MR) is 169 cm³/mol. The number of carbonyl (C=O) groups is 1. The summed E-state index contributed by atoms with van der Waals surface area (Å²) in [5, 5.41) is 6.61. The molecule has 6 rings (SSSR count). The van der Waals surface area contributed by atoms with E-state index < -0.39 is 23.6 Å². The third kappa shape index (κ3) is 6.84. The van der Waals surface area contributed by atoms with E-state index in [2.05, 4.69) is 22.2 Å². The zero-order valence-corrected chi connectivity index (χ0v) is 25.3. The van der Waals surface area contributed by atoms with Crippen LogP contribution < -0.4 is 20.1 Å². The quantitative estimate of drug-likeness (QED) is 0.141. The average molecular weight is 648 g/mol. The Kier molecular flexibility index (Phi) is 8.48. The first-order chi connectivity index (χ1) is 22.4. The lowest BCUT2D eigenvalue weighted by Crippen LogP contribution is -2.29. The van der Waals surface area contributed by atoms with Crippen molar-refractivity contribution in [1.29, 1.82) is 0 Å². The number of nitrogens with zero attached hydrogens (tertiary/aromatic N) is 1. The number of allylic oxidation sites excluding steroid dienone is 4. The number of halogens is 5. The highest BCUT2D eigenvalue weighted by atomic mass is 19.4. The molecule has 1 amide bonds. The molecule has 11 heteroatoms. The standard InChI is InChI=1S/C36H30F5N3O3/c1-3-35(37,38)27-11-6-25(21(2)14-27)19-43-34(45)29-17-33(42-18-22-4-9-26(10-5-22)36(39,40)41)44-30-12-7-23(15-28(29)30)24-8-13-31-32(16-24)47-20-46-31/h3-13,15-17,21H,1,14,18-20H2,2H3,(H,42,44)(H,43,45). The van der Waals surface area contributed by atoms with Crippen molar-refractivity contribution in [2.45, 2.75) is 32.0 Å². The van der Waals surface area contributed by atoms with Crippen molar-refractivity contribution in [1.82, 2.24) is 10.3 Å². The van der Waals surface area contributed by atoms with Crippen LogP contribution in [0.25, 0.3) is 22.0 Å². The molecule has 47 heavy (non-hydrogen) atoms. The number of anilines is 1. The van der Waals surface area contributed by atoms with Gasteiger partial charge in [0.15, 0.2) is 11.5 Å². The number of hydrogen-bond acceptors (Lipinski definition) is 5. The van der Waals surface area contributed by atoms with Gasteiger partial charge in [-0.3, -0.25) is 4.79 Å². The topological polar surface area (TPSA) is 72.5 Å². The van der Waals surface area contributed by atoms with Gasteiger partial charge in [-0.1, -0.05) is 49.9 Å². The fourth-order valence-electron chi connectivity index (χ4n) is 5.55. The number of nitrogens with one attached hydrogen (secondary N) is 2. The van der Waals surface area contributed by atoms with Gasteiger partial charge in [-0.2, -0.15) is 22.0 Å². The Labute approximate surface area is 267 Å². The molecule has 3 aromatic carbocycles. The zero-order valence-electron chi connectivity index (χ0n) is 25.3. The molecule has 0 saturated carbocycles. The number of amides is 1. The highest BCUT2D eigenvalue weighted by molar-refractivity contribution is 6.08. The Morgan fingerprint density at radius 3 is 2.38 bits per heavy atom. The van der Waals surface area contributed by atoms with Crippen LogP contribution in [0.15, 0.2) is 103 Å². The van der Waals surface area contributed by atoms with Crippen LogP contribution in [0.4, 0.5) is 27.8 Å². The van der Waals surface area contributed by atoms with Crippen molar-refractivity contribution < 1.29 is 36.2 Å². The number of benzene rings is 3. The molecule has 0 spiro atoms. The lowest BCUT2D eigenvalue weighted by molar-refractivity contribution is -0.137. The molecule has 0 fully saturated rings. The maximum atomic E-state index is 14.2. The average Bonchev–Trinajstić information content (AvgIpc) is 3.54. The van der Waals surface area contributed by atoms with E-state index in [1.807, 2.05) is 37.3 Å². The minimum absolute atomic E-state index is 0.0324. The minimum Gasteiger partial charge on any atom is -0.454 e. The number of aromatic nitrogens is 1. The molecule has 6 nitrogen and oxygen atoms in total. The second-order valence-corrected chi connectivity index (χ2v) is 11.5. The molecular weight excluding hydrogens is 617 g/mol. The smallest absolute Gasteiger partial charge is 0.416 e. The first kappa shape index (κ1) is 31.8. The fourth-order valence-corrected chi connectivity index (χ4v) is 5.55. The summed E-state index contributed by atoms with van der Waals surface area (Å²) in [6.07, 6.45) is -0.682. The van der Waals surface area contributed by atoms with Crippen LogP contribution in [-0.2, 0) is 12.7 Å². The number of rotatable bonds is 9. The Morgan fingerprint density at radius 2 is 1.66 bits per heavy atom. The predicted octanol–water partition coefficient (Wildman–Crippen LogP) is 8.71. The van der Waals surface area contributed by atoms with Gasteiger partial charge in [0.1, 0.15) is 5.82 Å². The van der Waals surface area contributed by atoms with E-state index >= 15 is 0 Å². The van der Waals surface area contributed by atoms with E-state index in [9.17, 15) is 26.7 Å². The molecule has 0 radical (unpaired) electrons. The Hall–Kier alpha value is -5.19. The van der Waals surface area contributed by atoms with Crippen molar-refractivity contribution in [2.75, 3.05) is 18.7 Å². The Bertz CT molecular complexity index is 1920. The third-order valence-electron chi connectivity index (χ3n) is 8.31. The lowest BCUT2D eigenvalue weighted by Gasteiger charge is -2.25. The number of ether oxygens (including phenoxy) is 2. The molecule has 1 aliphatic carbocycles. The van der Waals surface area contributed by atoms with E-state index in [-0.39, 0.29) is 37.8 Å². The molecule has 242 valence electrons. The van der Waals surface area contributed by atoms with E-state index in [0.717, 1.165) is 28.8 Å². The van der Waals surface area contributed by atoms with Gasteiger partial charge in [0.25, 0.3) is 11.8 Å². The van der Waals surface area contributed by atoms with Crippen molar-refractivity contribution >= 4 is 22.6 Å². The first-order valence-corrected chi connectivity index (χ1v) is 14.9. The summed E-state index contributed by atoms with van der Waals surface area (Å²) >= 11 is 0. The van der Waals surface area contributed by atoms with Gasteiger partial charge in [0.2, 0.25) is 6.79 Å².